The Labute approximate surface area is 110 Å². The first-order valence-corrected chi connectivity index (χ1v) is 6.16. The number of rotatable bonds is 1. The molecule has 0 fully saturated rings. The van der Waals surface area contributed by atoms with Crippen LogP contribution in [-0.4, -0.2) is 12.6 Å². The average Bonchev–Trinajstić information content (AvgIpc) is 2.82. The third-order valence-corrected chi connectivity index (χ3v) is 3.21. The maximum Gasteiger partial charge on any atom is 0.326 e. The standard InChI is InChI=1S/C15H13FN2O/c16-12-6-7-14-11(10-12)8-9-18(14)15(19)17-13-4-2-1-3-5-13/h1-7,10H,8-9H2,(H,17,19). The topological polar surface area (TPSA) is 32.3 Å². The average molecular weight is 256 g/mol. The molecule has 0 aliphatic carbocycles. The van der Waals surface area contributed by atoms with Crippen molar-refractivity contribution in [3.8, 4) is 0 Å². The van der Waals surface area contributed by atoms with Crippen LogP contribution in [0.2, 0.25) is 0 Å². The van der Waals surface area contributed by atoms with E-state index in [9.17, 15) is 9.18 Å². The van der Waals surface area contributed by atoms with Crippen LogP contribution in [0.15, 0.2) is 48.5 Å². The van der Waals surface area contributed by atoms with Crippen LogP contribution in [-0.2, 0) is 6.42 Å². The summed E-state index contributed by atoms with van der Waals surface area (Å²) in [6.45, 7) is 0.581. The molecule has 2 amide bonds. The van der Waals surface area contributed by atoms with Gasteiger partial charge in [-0.05, 0) is 42.3 Å². The number of hydrogen-bond acceptors (Lipinski definition) is 1. The van der Waals surface area contributed by atoms with Gasteiger partial charge in [0.1, 0.15) is 5.82 Å². The Morgan fingerprint density at radius 2 is 1.95 bits per heavy atom. The Kier molecular flexibility index (Phi) is 2.91. The molecule has 0 unspecified atom stereocenters. The van der Waals surface area contributed by atoms with Crippen LogP contribution < -0.4 is 10.2 Å². The second kappa shape index (κ2) is 4.72. The zero-order valence-corrected chi connectivity index (χ0v) is 10.3. The van der Waals surface area contributed by atoms with Gasteiger partial charge < -0.3 is 5.32 Å². The maximum absolute atomic E-state index is 13.1. The van der Waals surface area contributed by atoms with Crippen LogP contribution in [0.4, 0.5) is 20.6 Å². The van der Waals surface area contributed by atoms with Gasteiger partial charge in [-0.3, -0.25) is 4.90 Å². The lowest BCUT2D eigenvalue weighted by Crippen LogP contribution is -2.33. The summed E-state index contributed by atoms with van der Waals surface area (Å²) in [4.78, 5) is 13.8. The Morgan fingerprint density at radius 1 is 1.16 bits per heavy atom. The molecule has 0 spiro atoms. The minimum absolute atomic E-state index is 0.184. The van der Waals surface area contributed by atoms with E-state index in [0.717, 1.165) is 16.9 Å². The van der Waals surface area contributed by atoms with Crippen LogP contribution in [0.3, 0.4) is 0 Å². The predicted molar refractivity (Wildman–Crippen MR) is 72.9 cm³/mol. The summed E-state index contributed by atoms with van der Waals surface area (Å²) < 4.78 is 13.1. The third kappa shape index (κ3) is 2.29. The van der Waals surface area contributed by atoms with Crippen molar-refractivity contribution in [1.82, 2.24) is 0 Å². The largest absolute Gasteiger partial charge is 0.326 e. The number of fused-ring (bicyclic) bond motifs is 1. The fourth-order valence-electron chi connectivity index (χ4n) is 2.29. The zero-order valence-electron chi connectivity index (χ0n) is 10.3. The molecule has 0 saturated carbocycles. The normalized spacial score (nSPS) is 13.2. The number of carbonyl (C=O) groups excluding carboxylic acids is 1. The van der Waals surface area contributed by atoms with E-state index in [1.54, 1.807) is 11.0 Å². The lowest BCUT2D eigenvalue weighted by molar-refractivity contribution is 0.257. The number of halogens is 1. The first kappa shape index (κ1) is 11.7. The second-order valence-electron chi connectivity index (χ2n) is 4.47. The molecule has 96 valence electrons. The van der Waals surface area contributed by atoms with Gasteiger partial charge in [0.2, 0.25) is 0 Å². The van der Waals surface area contributed by atoms with E-state index in [1.807, 2.05) is 30.3 Å². The summed E-state index contributed by atoms with van der Waals surface area (Å²) in [5, 5.41) is 2.83. The number of amides is 2. The number of carbonyl (C=O) groups is 1. The number of nitrogens with zero attached hydrogens (tertiary/aromatic N) is 1. The molecule has 2 aromatic carbocycles. The number of urea groups is 1. The highest BCUT2D eigenvalue weighted by Crippen LogP contribution is 2.29. The van der Waals surface area contributed by atoms with Crippen LogP contribution in [0, 0.1) is 5.82 Å². The minimum Gasteiger partial charge on any atom is -0.308 e. The monoisotopic (exact) mass is 256 g/mol. The molecule has 4 heteroatoms. The van der Waals surface area contributed by atoms with E-state index in [0.29, 0.717) is 13.0 Å². The summed E-state index contributed by atoms with van der Waals surface area (Å²) in [5.41, 5.74) is 2.42. The van der Waals surface area contributed by atoms with Crippen molar-refractivity contribution >= 4 is 17.4 Å². The van der Waals surface area contributed by atoms with Gasteiger partial charge in [-0.15, -0.1) is 0 Å². The Hall–Kier alpha value is -2.36. The van der Waals surface area contributed by atoms with E-state index in [4.69, 9.17) is 0 Å². The molecular formula is C15H13FN2O. The van der Waals surface area contributed by atoms with Crippen LogP contribution in [0.25, 0.3) is 0 Å². The smallest absolute Gasteiger partial charge is 0.308 e. The van der Waals surface area contributed by atoms with E-state index >= 15 is 0 Å². The fraction of sp³-hybridized carbons (Fsp3) is 0.133. The van der Waals surface area contributed by atoms with Crippen molar-refractivity contribution in [2.24, 2.45) is 0 Å². The van der Waals surface area contributed by atoms with Crippen LogP contribution in [0.5, 0.6) is 0 Å². The molecule has 19 heavy (non-hydrogen) atoms. The first-order chi connectivity index (χ1) is 9.24. The summed E-state index contributed by atoms with van der Waals surface area (Å²) in [6.07, 6.45) is 0.690. The number of benzene rings is 2. The first-order valence-electron chi connectivity index (χ1n) is 6.16. The van der Waals surface area contributed by atoms with Crippen LogP contribution in [0.1, 0.15) is 5.56 Å². The van der Waals surface area contributed by atoms with E-state index < -0.39 is 0 Å². The molecule has 0 atom stereocenters. The molecule has 0 bridgehead atoms. The third-order valence-electron chi connectivity index (χ3n) is 3.21. The van der Waals surface area contributed by atoms with Gasteiger partial charge in [0.15, 0.2) is 0 Å². The quantitative estimate of drug-likeness (QED) is 0.833. The maximum atomic E-state index is 13.1. The number of nitrogens with one attached hydrogen (secondary N) is 1. The number of para-hydroxylation sites is 1. The van der Waals surface area contributed by atoms with Gasteiger partial charge >= 0.3 is 6.03 Å². The molecule has 1 aliphatic heterocycles. The summed E-state index contributed by atoms with van der Waals surface area (Å²) in [6, 6.07) is 13.6. The molecule has 0 aromatic heterocycles. The van der Waals surface area contributed by atoms with Gasteiger partial charge in [-0.2, -0.15) is 0 Å². The molecule has 1 heterocycles. The lowest BCUT2D eigenvalue weighted by Gasteiger charge is -2.18. The zero-order chi connectivity index (χ0) is 13.2. The molecule has 0 saturated heterocycles. The van der Waals surface area contributed by atoms with Crippen molar-refractivity contribution in [2.75, 3.05) is 16.8 Å². The van der Waals surface area contributed by atoms with Gasteiger partial charge in [-0.25, -0.2) is 9.18 Å². The molecule has 1 aliphatic rings. The molecule has 0 radical (unpaired) electrons. The van der Waals surface area contributed by atoms with Gasteiger partial charge in [-0.1, -0.05) is 18.2 Å². The lowest BCUT2D eigenvalue weighted by atomic mass is 10.2. The molecule has 3 nitrogen and oxygen atoms in total. The number of hydrogen-bond donors (Lipinski definition) is 1. The Bertz CT molecular complexity index is 613. The van der Waals surface area contributed by atoms with E-state index in [1.165, 1.54) is 12.1 Å². The van der Waals surface area contributed by atoms with Gasteiger partial charge in [0.05, 0.1) is 0 Å². The van der Waals surface area contributed by atoms with Crippen molar-refractivity contribution < 1.29 is 9.18 Å². The van der Waals surface area contributed by atoms with Gasteiger partial charge in [0, 0.05) is 17.9 Å². The summed E-state index contributed by atoms with van der Waals surface area (Å²) in [7, 11) is 0. The van der Waals surface area contributed by atoms with Crippen molar-refractivity contribution in [3.05, 3.63) is 59.9 Å². The Morgan fingerprint density at radius 3 is 2.74 bits per heavy atom. The highest BCUT2D eigenvalue weighted by Gasteiger charge is 2.24. The van der Waals surface area contributed by atoms with Crippen molar-refractivity contribution in [2.45, 2.75) is 6.42 Å². The van der Waals surface area contributed by atoms with Crippen LogP contribution >= 0.6 is 0 Å². The molecule has 1 N–H and O–H groups in total. The molecular weight excluding hydrogens is 243 g/mol. The highest BCUT2D eigenvalue weighted by atomic mass is 19.1. The summed E-state index contributed by atoms with van der Waals surface area (Å²) in [5.74, 6) is -0.260. The van der Waals surface area contributed by atoms with Crippen molar-refractivity contribution in [1.29, 1.82) is 0 Å². The molecule has 2 aromatic rings. The Balaban J connectivity index is 1.80. The minimum atomic E-state index is -0.260. The SMILES string of the molecule is O=C(Nc1ccccc1)N1CCc2cc(F)ccc21. The second-order valence-corrected chi connectivity index (χ2v) is 4.47. The van der Waals surface area contributed by atoms with E-state index in [2.05, 4.69) is 5.32 Å². The van der Waals surface area contributed by atoms with E-state index in [-0.39, 0.29) is 11.8 Å². The predicted octanol–water partition coefficient (Wildman–Crippen LogP) is 3.42. The fourth-order valence-corrected chi connectivity index (χ4v) is 2.29. The number of anilines is 2. The van der Waals surface area contributed by atoms with Gasteiger partial charge in [0.25, 0.3) is 0 Å². The molecule has 3 rings (SSSR count). The highest BCUT2D eigenvalue weighted by molar-refractivity contribution is 6.03. The summed E-state index contributed by atoms with van der Waals surface area (Å²) >= 11 is 0. The van der Waals surface area contributed by atoms with Crippen molar-refractivity contribution in [3.63, 3.8) is 0 Å².